The molecule has 3 fully saturated rings. The minimum atomic E-state index is -0.248. The van der Waals surface area contributed by atoms with Crippen molar-refractivity contribution in [3.63, 3.8) is 0 Å². The topological polar surface area (TPSA) is 29.5 Å². The van der Waals surface area contributed by atoms with Gasteiger partial charge in [-0.15, -0.1) is 0 Å². The molecule has 124 valence electrons. The minimum absolute atomic E-state index is 0.0115. The number of nitrogens with zero attached hydrogens (tertiary/aromatic N) is 1. The number of methoxy groups -OCH3 is 1. The number of carbonyl (C=O) groups excluding carboxylic acids is 1. The molecule has 3 atom stereocenters. The zero-order valence-electron chi connectivity index (χ0n) is 13.6. The number of halogens is 1. The van der Waals surface area contributed by atoms with Gasteiger partial charge in [-0.2, -0.15) is 0 Å². The predicted molar refractivity (Wildman–Crippen MR) is 90.8 cm³/mol. The molecule has 2 heterocycles. The van der Waals surface area contributed by atoms with Gasteiger partial charge in [0, 0.05) is 24.1 Å². The molecule has 2 aliphatic heterocycles. The number of hydrogen-bond acceptors (Lipinski definition) is 3. The Bertz CT molecular complexity index is 741. The van der Waals surface area contributed by atoms with E-state index in [4.69, 9.17) is 4.74 Å². The number of ketones is 1. The maximum Gasteiger partial charge on any atom is 0.140 e. The molecule has 2 aromatic rings. The minimum Gasteiger partial charge on any atom is -0.497 e. The second kappa shape index (κ2) is 5.93. The molecule has 3 aliphatic rings. The maximum absolute atomic E-state index is 13.3. The fourth-order valence-corrected chi connectivity index (χ4v) is 4.19. The first-order valence-corrected chi connectivity index (χ1v) is 8.38. The summed E-state index contributed by atoms with van der Waals surface area (Å²) >= 11 is 0. The molecule has 2 aromatic carbocycles. The Morgan fingerprint density at radius 3 is 2.38 bits per heavy atom. The van der Waals surface area contributed by atoms with Gasteiger partial charge >= 0.3 is 0 Å². The zero-order valence-corrected chi connectivity index (χ0v) is 13.6. The van der Waals surface area contributed by atoms with Gasteiger partial charge in [-0.3, -0.25) is 4.79 Å². The summed E-state index contributed by atoms with van der Waals surface area (Å²) in [5.41, 5.74) is 2.10. The molecule has 3 nitrogen and oxygen atoms in total. The molecule has 0 aromatic heterocycles. The molecule has 3 unspecified atom stereocenters. The lowest BCUT2D eigenvalue weighted by Gasteiger charge is -2.52. The summed E-state index contributed by atoms with van der Waals surface area (Å²) in [5, 5.41) is 0. The highest BCUT2D eigenvalue weighted by atomic mass is 19.1. The van der Waals surface area contributed by atoms with Crippen LogP contribution in [0.25, 0.3) is 0 Å². The summed E-state index contributed by atoms with van der Waals surface area (Å²) in [4.78, 5) is 14.8. The summed E-state index contributed by atoms with van der Waals surface area (Å²) in [5.74, 6) is 0.894. The van der Waals surface area contributed by atoms with Crippen LogP contribution in [0.3, 0.4) is 0 Å². The molecule has 0 N–H and O–H groups in total. The molecule has 24 heavy (non-hydrogen) atoms. The van der Waals surface area contributed by atoms with E-state index < -0.39 is 0 Å². The van der Waals surface area contributed by atoms with Crippen molar-refractivity contribution >= 4 is 11.5 Å². The Labute approximate surface area is 141 Å². The largest absolute Gasteiger partial charge is 0.497 e. The lowest BCUT2D eigenvalue weighted by Crippen LogP contribution is -2.54. The van der Waals surface area contributed by atoms with Crippen molar-refractivity contribution in [2.45, 2.75) is 31.3 Å². The maximum atomic E-state index is 13.3. The SMILES string of the molecule is COc1ccc(N2C3CCC(C(=O)C3)C2c2ccc(F)cc2)cc1. The van der Waals surface area contributed by atoms with E-state index in [0.717, 1.165) is 29.8 Å². The average Bonchev–Trinajstić information content (AvgIpc) is 2.62. The number of piperidine rings is 2. The van der Waals surface area contributed by atoms with E-state index in [1.165, 1.54) is 12.1 Å². The summed E-state index contributed by atoms with van der Waals surface area (Å²) < 4.78 is 18.6. The molecule has 1 aliphatic carbocycles. The predicted octanol–water partition coefficient (Wildman–Crippen LogP) is 4.13. The van der Waals surface area contributed by atoms with E-state index in [-0.39, 0.29) is 23.8 Å². The first-order chi connectivity index (χ1) is 11.7. The van der Waals surface area contributed by atoms with Gasteiger partial charge in [0.25, 0.3) is 0 Å². The van der Waals surface area contributed by atoms with Crippen LogP contribution in [0.1, 0.15) is 30.9 Å². The Balaban J connectivity index is 1.76. The monoisotopic (exact) mass is 325 g/mol. The summed E-state index contributed by atoms with van der Waals surface area (Å²) in [6.45, 7) is 0. The third kappa shape index (κ3) is 2.46. The molecule has 0 spiro atoms. The van der Waals surface area contributed by atoms with Gasteiger partial charge in [0.05, 0.1) is 13.2 Å². The Hall–Kier alpha value is -2.36. The Morgan fingerprint density at radius 2 is 1.75 bits per heavy atom. The fraction of sp³-hybridized carbons (Fsp3) is 0.350. The van der Waals surface area contributed by atoms with Crippen molar-refractivity contribution in [1.29, 1.82) is 0 Å². The van der Waals surface area contributed by atoms with Gasteiger partial charge in [-0.05, 0) is 54.8 Å². The van der Waals surface area contributed by atoms with Gasteiger partial charge < -0.3 is 9.64 Å². The second-order valence-electron chi connectivity index (χ2n) is 6.61. The molecule has 4 heteroatoms. The Morgan fingerprint density at radius 1 is 1.04 bits per heavy atom. The quantitative estimate of drug-likeness (QED) is 0.850. The number of ether oxygens (including phenoxy) is 1. The van der Waals surface area contributed by atoms with Crippen LogP contribution in [0.15, 0.2) is 48.5 Å². The van der Waals surface area contributed by atoms with E-state index in [9.17, 15) is 9.18 Å². The van der Waals surface area contributed by atoms with Crippen molar-refractivity contribution in [3.8, 4) is 5.75 Å². The van der Waals surface area contributed by atoms with E-state index in [2.05, 4.69) is 4.90 Å². The highest BCUT2D eigenvalue weighted by Gasteiger charge is 2.47. The third-order valence-corrected chi connectivity index (χ3v) is 5.32. The molecular weight excluding hydrogens is 305 g/mol. The normalized spacial score (nSPS) is 25.8. The summed E-state index contributed by atoms with van der Waals surface area (Å²) in [6, 6.07) is 14.8. The van der Waals surface area contributed by atoms with E-state index >= 15 is 0 Å². The highest BCUT2D eigenvalue weighted by Crippen LogP contribution is 2.48. The second-order valence-corrected chi connectivity index (χ2v) is 6.61. The number of Topliss-reactive ketones (excluding diaryl/α,β-unsaturated/α-hetero) is 1. The number of anilines is 1. The van der Waals surface area contributed by atoms with E-state index in [1.54, 1.807) is 7.11 Å². The number of rotatable bonds is 3. The van der Waals surface area contributed by atoms with Crippen molar-refractivity contribution < 1.29 is 13.9 Å². The molecule has 5 rings (SSSR count). The molecule has 1 saturated carbocycles. The van der Waals surface area contributed by atoms with Crippen LogP contribution in [-0.4, -0.2) is 18.9 Å². The van der Waals surface area contributed by atoms with E-state index in [1.807, 2.05) is 36.4 Å². The Kier molecular flexibility index (Phi) is 3.75. The summed E-state index contributed by atoms with van der Waals surface area (Å²) in [7, 11) is 1.65. The molecule has 0 radical (unpaired) electrons. The van der Waals surface area contributed by atoms with Crippen LogP contribution in [0.5, 0.6) is 5.75 Å². The van der Waals surface area contributed by atoms with Crippen LogP contribution in [0.4, 0.5) is 10.1 Å². The number of benzene rings is 2. The van der Waals surface area contributed by atoms with Gasteiger partial charge in [0.15, 0.2) is 0 Å². The van der Waals surface area contributed by atoms with Crippen LogP contribution < -0.4 is 9.64 Å². The zero-order chi connectivity index (χ0) is 16.7. The van der Waals surface area contributed by atoms with Gasteiger partial charge in [0.2, 0.25) is 0 Å². The lowest BCUT2D eigenvalue weighted by molar-refractivity contribution is -0.128. The van der Waals surface area contributed by atoms with Crippen molar-refractivity contribution in [1.82, 2.24) is 0 Å². The van der Waals surface area contributed by atoms with E-state index in [0.29, 0.717) is 12.2 Å². The van der Waals surface area contributed by atoms with Crippen molar-refractivity contribution in [2.75, 3.05) is 12.0 Å². The molecule has 2 bridgehead atoms. The number of carbonyl (C=O) groups is 1. The fourth-order valence-electron chi connectivity index (χ4n) is 4.19. The van der Waals surface area contributed by atoms with Gasteiger partial charge in [0.1, 0.15) is 17.3 Å². The molecule has 2 saturated heterocycles. The highest BCUT2D eigenvalue weighted by molar-refractivity contribution is 5.86. The standard InChI is InChI=1S/C20H20FNO2/c1-24-17-9-6-15(7-10-17)22-16-8-11-18(19(23)12-16)20(22)13-2-4-14(21)5-3-13/h2-7,9-10,16,18,20H,8,11-12H2,1H3. The van der Waals surface area contributed by atoms with Gasteiger partial charge in [-0.25, -0.2) is 4.39 Å². The van der Waals surface area contributed by atoms with Crippen LogP contribution >= 0.6 is 0 Å². The number of hydrogen-bond donors (Lipinski definition) is 0. The first-order valence-electron chi connectivity index (χ1n) is 8.38. The third-order valence-electron chi connectivity index (χ3n) is 5.32. The van der Waals surface area contributed by atoms with Crippen molar-refractivity contribution in [3.05, 3.63) is 59.9 Å². The number of fused-ring (bicyclic) bond motifs is 3. The van der Waals surface area contributed by atoms with Crippen LogP contribution in [0.2, 0.25) is 0 Å². The van der Waals surface area contributed by atoms with Crippen LogP contribution in [-0.2, 0) is 4.79 Å². The van der Waals surface area contributed by atoms with Gasteiger partial charge in [-0.1, -0.05) is 12.1 Å². The molecule has 0 amide bonds. The summed E-state index contributed by atoms with van der Waals surface area (Å²) in [6.07, 6.45) is 2.55. The smallest absolute Gasteiger partial charge is 0.140 e. The first kappa shape index (κ1) is 15.2. The van der Waals surface area contributed by atoms with Crippen LogP contribution in [0, 0.1) is 11.7 Å². The van der Waals surface area contributed by atoms with Crippen molar-refractivity contribution in [2.24, 2.45) is 5.92 Å². The average molecular weight is 325 g/mol. The lowest BCUT2D eigenvalue weighted by atomic mass is 9.71. The molecular formula is C20H20FNO2.